The summed E-state index contributed by atoms with van der Waals surface area (Å²) in [5.41, 5.74) is 1.76. The molecule has 18 heavy (non-hydrogen) atoms. The van der Waals surface area contributed by atoms with Gasteiger partial charge in [0.1, 0.15) is 0 Å². The monoisotopic (exact) mass is 258 g/mol. The van der Waals surface area contributed by atoms with Gasteiger partial charge in [-0.15, -0.1) is 17.8 Å². The molecule has 0 amide bonds. The first-order chi connectivity index (χ1) is 8.41. The molecule has 0 radical (unpaired) electrons. The molecule has 94 valence electrons. The summed E-state index contributed by atoms with van der Waals surface area (Å²) in [4.78, 5) is 3.17. The molecule has 2 unspecified atom stereocenters. The van der Waals surface area contributed by atoms with Gasteiger partial charge in [-0.1, -0.05) is 26.0 Å². The lowest BCUT2D eigenvalue weighted by Crippen LogP contribution is -2.53. The zero-order chi connectivity index (χ0) is 13.5. The van der Waals surface area contributed by atoms with Gasteiger partial charge in [-0.25, -0.2) is 0 Å². The van der Waals surface area contributed by atoms with E-state index in [-0.39, 0.29) is 11.5 Å². The number of hydrogen-bond donors (Lipinski definition) is 1. The first kappa shape index (κ1) is 12.8. The molecule has 0 spiro atoms. The highest BCUT2D eigenvalue weighted by molar-refractivity contribution is 7.10. The minimum Gasteiger partial charge on any atom is -0.361 e. The van der Waals surface area contributed by atoms with Crippen molar-refractivity contribution in [1.29, 1.82) is 0 Å². The lowest BCUT2D eigenvalue weighted by molar-refractivity contribution is 0.199. The Morgan fingerprint density at radius 1 is 1.56 bits per heavy atom. The molecular formula is C15H18N2S. The number of nitrogens with one attached hydrogen (secondary N) is 1. The Hall–Kier alpha value is -1.66. The maximum absolute atomic E-state index is 5.58. The van der Waals surface area contributed by atoms with Crippen LogP contribution in [0.2, 0.25) is 0 Å². The van der Waals surface area contributed by atoms with Crippen molar-refractivity contribution in [3.05, 3.63) is 46.6 Å². The lowest BCUT2D eigenvalue weighted by atomic mass is 9.80. The van der Waals surface area contributed by atoms with E-state index in [1.807, 2.05) is 23.4 Å². The number of hydrogen-bond acceptors (Lipinski definition) is 3. The van der Waals surface area contributed by atoms with E-state index in [0.717, 1.165) is 17.1 Å². The van der Waals surface area contributed by atoms with E-state index in [1.165, 1.54) is 4.88 Å². The van der Waals surface area contributed by atoms with Gasteiger partial charge in [0, 0.05) is 29.1 Å². The summed E-state index contributed by atoms with van der Waals surface area (Å²) >= 11 is 1.68. The van der Waals surface area contributed by atoms with Gasteiger partial charge in [0.25, 0.3) is 0 Å². The molecule has 1 aromatic rings. The van der Waals surface area contributed by atoms with Gasteiger partial charge >= 0.3 is 0 Å². The fraction of sp³-hybridized carbons (Fsp3) is 0.333. The van der Waals surface area contributed by atoms with Crippen LogP contribution in [0.25, 0.3) is 0 Å². The van der Waals surface area contributed by atoms with Crippen LogP contribution >= 0.6 is 11.3 Å². The third kappa shape index (κ3) is 1.65. The minimum atomic E-state index is -0.240. The fourth-order valence-electron chi connectivity index (χ4n) is 2.37. The summed E-state index contributed by atoms with van der Waals surface area (Å²) in [6.45, 7) is 12.5. The molecule has 2 atom stereocenters. The summed E-state index contributed by atoms with van der Waals surface area (Å²) in [6, 6.07) is 1.99. The van der Waals surface area contributed by atoms with Crippen LogP contribution in [0.1, 0.15) is 24.3 Å². The molecule has 2 rings (SSSR count). The normalized spacial score (nSPS) is 27.9. The van der Waals surface area contributed by atoms with Crippen LogP contribution in [0.4, 0.5) is 0 Å². The largest absolute Gasteiger partial charge is 0.361 e. The van der Waals surface area contributed by atoms with Gasteiger partial charge < -0.3 is 10.2 Å². The Morgan fingerprint density at radius 3 is 2.83 bits per heavy atom. The first-order valence-electron chi connectivity index (χ1n) is 5.86. The van der Waals surface area contributed by atoms with Gasteiger partial charge in [0.05, 0.1) is 11.4 Å². The van der Waals surface area contributed by atoms with E-state index in [0.29, 0.717) is 0 Å². The molecule has 1 aliphatic rings. The second-order valence-corrected chi connectivity index (χ2v) is 5.77. The van der Waals surface area contributed by atoms with Crippen molar-refractivity contribution < 1.29 is 0 Å². The van der Waals surface area contributed by atoms with Crippen LogP contribution in [0.5, 0.6) is 0 Å². The summed E-state index contributed by atoms with van der Waals surface area (Å²) < 4.78 is 0. The minimum absolute atomic E-state index is 0.240. The average Bonchev–Trinajstić information content (AvgIpc) is 2.83. The molecule has 0 aliphatic carbocycles. The Morgan fingerprint density at radius 2 is 2.22 bits per heavy atom. The van der Waals surface area contributed by atoms with E-state index in [9.17, 15) is 0 Å². The third-order valence-corrected chi connectivity index (χ3v) is 5.05. The Labute approximate surface area is 113 Å². The molecule has 0 saturated carbocycles. The highest BCUT2D eigenvalue weighted by atomic mass is 32.1. The molecule has 3 heteroatoms. The zero-order valence-electron chi connectivity index (χ0n) is 11.1. The van der Waals surface area contributed by atoms with Crippen molar-refractivity contribution in [2.45, 2.75) is 19.4 Å². The second-order valence-electron chi connectivity index (χ2n) is 4.85. The van der Waals surface area contributed by atoms with E-state index >= 15 is 0 Å². The van der Waals surface area contributed by atoms with Crippen LogP contribution in [0.15, 0.2) is 36.1 Å². The van der Waals surface area contributed by atoms with E-state index in [2.05, 4.69) is 38.2 Å². The lowest BCUT2D eigenvalue weighted by Gasteiger charge is -2.47. The van der Waals surface area contributed by atoms with Gasteiger partial charge in [-0.3, -0.25) is 0 Å². The van der Waals surface area contributed by atoms with E-state index < -0.39 is 0 Å². The second kappa shape index (κ2) is 4.22. The number of thiophene rings is 1. The standard InChI is InChI=1S/C15H18N2S/c1-7-13-8-9-18-14(13)15(5)10(2)11(3)17(6)12(4)16-15/h1,8-10,16H,3-4H2,2,5-6H3. The van der Waals surface area contributed by atoms with Crippen molar-refractivity contribution in [3.8, 4) is 12.3 Å². The van der Waals surface area contributed by atoms with Crippen molar-refractivity contribution in [2.75, 3.05) is 7.05 Å². The Bertz CT molecular complexity index is 549. The van der Waals surface area contributed by atoms with Gasteiger partial charge in [-0.2, -0.15) is 0 Å². The van der Waals surface area contributed by atoms with Crippen LogP contribution in [0, 0.1) is 18.3 Å². The predicted octanol–water partition coefficient (Wildman–Crippen LogP) is 3.10. The highest BCUT2D eigenvalue weighted by Gasteiger charge is 2.42. The molecular weight excluding hydrogens is 240 g/mol. The SMILES string of the molecule is C#Cc1ccsc1C1(C)NC(=C)N(C)C(=C)C1C. The van der Waals surface area contributed by atoms with Crippen LogP contribution in [-0.4, -0.2) is 11.9 Å². The summed E-state index contributed by atoms with van der Waals surface area (Å²) in [7, 11) is 1.98. The maximum Gasteiger partial charge on any atom is 0.0986 e. The summed E-state index contributed by atoms with van der Waals surface area (Å²) in [5.74, 6) is 3.86. The zero-order valence-corrected chi connectivity index (χ0v) is 11.9. The quantitative estimate of drug-likeness (QED) is 0.779. The number of terminal acetylenes is 1. The van der Waals surface area contributed by atoms with Crippen molar-refractivity contribution >= 4 is 11.3 Å². The Kier molecular flexibility index (Phi) is 3.00. The molecule has 1 aromatic heterocycles. The number of nitrogens with zero attached hydrogens (tertiary/aromatic N) is 1. The number of rotatable bonds is 1. The third-order valence-electron chi connectivity index (χ3n) is 3.90. The molecule has 1 saturated heterocycles. The first-order valence-corrected chi connectivity index (χ1v) is 6.74. The fourth-order valence-corrected chi connectivity index (χ4v) is 3.43. The average molecular weight is 258 g/mol. The van der Waals surface area contributed by atoms with E-state index in [1.54, 1.807) is 11.3 Å². The summed E-state index contributed by atoms with van der Waals surface area (Å²) in [5, 5.41) is 5.52. The van der Waals surface area contributed by atoms with Crippen LogP contribution in [0.3, 0.4) is 0 Å². The van der Waals surface area contributed by atoms with Crippen LogP contribution in [-0.2, 0) is 5.54 Å². The smallest absolute Gasteiger partial charge is 0.0986 e. The molecule has 2 heterocycles. The molecule has 0 aromatic carbocycles. The Balaban J connectivity index is 2.51. The van der Waals surface area contributed by atoms with Gasteiger partial charge in [0.15, 0.2) is 0 Å². The maximum atomic E-state index is 5.58. The van der Waals surface area contributed by atoms with Crippen molar-refractivity contribution in [3.63, 3.8) is 0 Å². The van der Waals surface area contributed by atoms with E-state index in [4.69, 9.17) is 6.42 Å². The van der Waals surface area contributed by atoms with Crippen molar-refractivity contribution in [2.24, 2.45) is 5.92 Å². The van der Waals surface area contributed by atoms with Crippen LogP contribution < -0.4 is 5.32 Å². The van der Waals surface area contributed by atoms with Gasteiger partial charge in [0.2, 0.25) is 0 Å². The molecule has 1 aliphatic heterocycles. The molecule has 2 nitrogen and oxygen atoms in total. The molecule has 1 N–H and O–H groups in total. The molecule has 1 fully saturated rings. The highest BCUT2D eigenvalue weighted by Crippen LogP contribution is 2.42. The summed E-state index contributed by atoms with van der Waals surface area (Å²) in [6.07, 6.45) is 5.58. The molecule has 0 bridgehead atoms. The van der Waals surface area contributed by atoms with Crippen molar-refractivity contribution in [1.82, 2.24) is 10.2 Å². The van der Waals surface area contributed by atoms with Gasteiger partial charge in [-0.05, 0) is 18.4 Å². The predicted molar refractivity (Wildman–Crippen MR) is 77.9 cm³/mol. The topological polar surface area (TPSA) is 15.3 Å².